The van der Waals surface area contributed by atoms with E-state index in [1.165, 1.54) is 34.4 Å². The van der Waals surface area contributed by atoms with E-state index in [1.807, 2.05) is 12.1 Å². The van der Waals surface area contributed by atoms with Gasteiger partial charge in [-0.3, -0.25) is 9.59 Å². The highest BCUT2D eigenvalue weighted by Crippen LogP contribution is 2.30. The zero-order chi connectivity index (χ0) is 22.5. The Bertz CT molecular complexity index is 1550. The van der Waals surface area contributed by atoms with Crippen LogP contribution >= 0.6 is 11.6 Å². The molecule has 0 atom stereocenters. The summed E-state index contributed by atoms with van der Waals surface area (Å²) in [6.07, 6.45) is 1.51. The van der Waals surface area contributed by atoms with Gasteiger partial charge in [0.25, 0.3) is 10.0 Å². The molecule has 4 aromatic rings. The third-order valence-corrected chi connectivity index (χ3v) is 7.37. The molecule has 3 aromatic carbocycles. The maximum atomic E-state index is 13.1. The number of fused-ring (bicyclic) bond motifs is 2. The molecule has 1 aliphatic carbocycles. The van der Waals surface area contributed by atoms with Crippen LogP contribution in [0.5, 0.6) is 0 Å². The van der Waals surface area contributed by atoms with E-state index in [0.29, 0.717) is 11.2 Å². The summed E-state index contributed by atoms with van der Waals surface area (Å²) in [6, 6.07) is 21.3. The molecule has 0 unspecified atom stereocenters. The normalized spacial score (nSPS) is 14.0. The molecule has 0 fully saturated rings. The van der Waals surface area contributed by atoms with Crippen LogP contribution in [0.1, 0.15) is 20.7 Å². The molecule has 1 N–H and O–H groups in total. The van der Waals surface area contributed by atoms with E-state index in [9.17, 15) is 18.0 Å². The first-order chi connectivity index (χ1) is 15.4. The van der Waals surface area contributed by atoms with Crippen LogP contribution in [0.3, 0.4) is 0 Å². The third kappa shape index (κ3) is 3.14. The minimum atomic E-state index is -3.81. The van der Waals surface area contributed by atoms with Gasteiger partial charge >= 0.3 is 0 Å². The van der Waals surface area contributed by atoms with Crippen molar-refractivity contribution in [1.29, 1.82) is 0 Å². The number of carbonyl (C=O) groups is 2. The maximum absolute atomic E-state index is 13.1. The second-order valence-electron chi connectivity index (χ2n) is 7.22. The Morgan fingerprint density at radius 3 is 2.09 bits per heavy atom. The fourth-order valence-electron chi connectivity index (χ4n) is 3.69. The predicted molar refractivity (Wildman–Crippen MR) is 123 cm³/mol. The van der Waals surface area contributed by atoms with Crippen molar-refractivity contribution in [2.24, 2.45) is 0 Å². The molecule has 1 heterocycles. The summed E-state index contributed by atoms with van der Waals surface area (Å²) in [7, 11) is -3.81. The molecule has 0 radical (unpaired) electrons. The second kappa shape index (κ2) is 7.47. The molecule has 0 saturated carbocycles. The molecule has 5 rings (SSSR count). The van der Waals surface area contributed by atoms with E-state index < -0.39 is 21.6 Å². The molecule has 0 saturated heterocycles. The van der Waals surface area contributed by atoms with Gasteiger partial charge in [-0.05, 0) is 36.4 Å². The zero-order valence-corrected chi connectivity index (χ0v) is 18.0. The van der Waals surface area contributed by atoms with Gasteiger partial charge in [-0.15, -0.1) is 0 Å². The highest BCUT2D eigenvalue weighted by molar-refractivity contribution is 7.90. The molecule has 0 bridgehead atoms. The Kier molecular flexibility index (Phi) is 4.73. The van der Waals surface area contributed by atoms with Gasteiger partial charge in [-0.1, -0.05) is 54.1 Å². The standard InChI is InChI=1S/C24H15ClN2O4S/c25-21-22(24(29)19-7-3-2-6-18(19)23(21)28)26-16-9-11-17(12-10-16)32(30,31)27-14-13-15-5-1-4-8-20(15)27/h1-14,26H. The number of benzene rings is 3. The minimum Gasteiger partial charge on any atom is -0.351 e. The molecule has 0 aliphatic heterocycles. The Morgan fingerprint density at radius 1 is 0.750 bits per heavy atom. The second-order valence-corrected chi connectivity index (χ2v) is 9.41. The number of carbonyl (C=O) groups excluding carboxylic acids is 2. The number of allylic oxidation sites excluding steroid dienone is 2. The van der Waals surface area contributed by atoms with Crippen LogP contribution in [-0.4, -0.2) is 24.0 Å². The van der Waals surface area contributed by atoms with Gasteiger partial charge < -0.3 is 5.32 Å². The van der Waals surface area contributed by atoms with E-state index in [4.69, 9.17) is 11.6 Å². The number of nitrogens with one attached hydrogen (secondary N) is 1. The summed E-state index contributed by atoms with van der Waals surface area (Å²) >= 11 is 6.18. The molecule has 1 aromatic heterocycles. The SMILES string of the molecule is O=C1C(Cl)=C(Nc2ccc(S(=O)(=O)n3ccc4ccccc43)cc2)C(=O)c2ccccc21. The third-order valence-electron chi connectivity index (χ3n) is 5.31. The van der Waals surface area contributed by atoms with Crippen LogP contribution in [0.15, 0.2) is 101 Å². The number of ketones is 2. The van der Waals surface area contributed by atoms with E-state index in [-0.39, 0.29) is 26.8 Å². The van der Waals surface area contributed by atoms with Crippen LogP contribution in [0.4, 0.5) is 5.69 Å². The lowest BCUT2D eigenvalue weighted by atomic mass is 9.92. The fraction of sp³-hybridized carbons (Fsp3) is 0. The average Bonchev–Trinajstić information content (AvgIpc) is 3.26. The van der Waals surface area contributed by atoms with Crippen LogP contribution in [0.25, 0.3) is 10.9 Å². The minimum absolute atomic E-state index is 0.0395. The quantitative estimate of drug-likeness (QED) is 0.470. The first kappa shape index (κ1) is 20.2. The number of aromatic nitrogens is 1. The number of Topliss-reactive ketones (excluding diaryl/α,β-unsaturated/α-hetero) is 2. The molecule has 8 heteroatoms. The lowest BCUT2D eigenvalue weighted by molar-refractivity contribution is 0.0982. The molecular weight excluding hydrogens is 448 g/mol. The summed E-state index contributed by atoms with van der Waals surface area (Å²) in [4.78, 5) is 25.4. The van der Waals surface area contributed by atoms with Gasteiger partial charge in [0.05, 0.1) is 10.4 Å². The molecular formula is C24H15ClN2O4S. The highest BCUT2D eigenvalue weighted by atomic mass is 35.5. The molecule has 0 amide bonds. The van der Waals surface area contributed by atoms with Crippen molar-refractivity contribution in [2.45, 2.75) is 4.90 Å². The first-order valence-electron chi connectivity index (χ1n) is 9.65. The highest BCUT2D eigenvalue weighted by Gasteiger charge is 2.31. The van der Waals surface area contributed by atoms with Crippen molar-refractivity contribution >= 4 is 49.8 Å². The predicted octanol–water partition coefficient (Wildman–Crippen LogP) is 4.82. The number of hydrogen-bond donors (Lipinski definition) is 1. The Hall–Kier alpha value is -3.68. The Labute approximate surface area is 188 Å². The van der Waals surface area contributed by atoms with Crippen molar-refractivity contribution < 1.29 is 18.0 Å². The molecule has 0 spiro atoms. The fourth-order valence-corrected chi connectivity index (χ4v) is 5.28. The van der Waals surface area contributed by atoms with E-state index in [1.54, 1.807) is 42.5 Å². The van der Waals surface area contributed by atoms with Gasteiger partial charge in [0, 0.05) is 28.4 Å². The van der Waals surface area contributed by atoms with Crippen molar-refractivity contribution in [2.75, 3.05) is 5.32 Å². The van der Waals surface area contributed by atoms with Gasteiger partial charge in [0.15, 0.2) is 0 Å². The lowest BCUT2D eigenvalue weighted by Crippen LogP contribution is -2.24. The van der Waals surface area contributed by atoms with Crippen LogP contribution < -0.4 is 5.32 Å². The van der Waals surface area contributed by atoms with Crippen molar-refractivity contribution in [3.05, 3.63) is 107 Å². The number of rotatable bonds is 4. The van der Waals surface area contributed by atoms with Crippen molar-refractivity contribution in [3.8, 4) is 0 Å². The monoisotopic (exact) mass is 462 g/mol. The van der Waals surface area contributed by atoms with Crippen molar-refractivity contribution in [3.63, 3.8) is 0 Å². The smallest absolute Gasteiger partial charge is 0.268 e. The van der Waals surface area contributed by atoms with E-state index >= 15 is 0 Å². The Morgan fingerprint density at radius 2 is 1.38 bits per heavy atom. The van der Waals surface area contributed by atoms with Gasteiger partial charge in [-0.25, -0.2) is 12.4 Å². The lowest BCUT2D eigenvalue weighted by Gasteiger charge is -2.19. The van der Waals surface area contributed by atoms with Crippen LogP contribution in [-0.2, 0) is 10.0 Å². The molecule has 1 aliphatic rings. The molecule has 6 nitrogen and oxygen atoms in total. The number of hydrogen-bond acceptors (Lipinski definition) is 5. The topological polar surface area (TPSA) is 85.2 Å². The van der Waals surface area contributed by atoms with Gasteiger partial charge in [0.1, 0.15) is 10.7 Å². The number of anilines is 1. The van der Waals surface area contributed by atoms with Crippen LogP contribution in [0.2, 0.25) is 0 Å². The van der Waals surface area contributed by atoms with Gasteiger partial charge in [0.2, 0.25) is 11.6 Å². The first-order valence-corrected chi connectivity index (χ1v) is 11.5. The Balaban J connectivity index is 1.46. The summed E-state index contributed by atoms with van der Waals surface area (Å²) in [5.41, 5.74) is 1.49. The summed E-state index contributed by atoms with van der Waals surface area (Å²) < 4.78 is 27.4. The average molecular weight is 463 g/mol. The molecule has 32 heavy (non-hydrogen) atoms. The van der Waals surface area contributed by atoms with Crippen molar-refractivity contribution in [1.82, 2.24) is 3.97 Å². The molecule has 158 valence electrons. The number of para-hydroxylation sites is 1. The van der Waals surface area contributed by atoms with Crippen LogP contribution in [0, 0.1) is 0 Å². The summed E-state index contributed by atoms with van der Waals surface area (Å²) in [5, 5.41) is 3.48. The van der Waals surface area contributed by atoms with Gasteiger partial charge in [-0.2, -0.15) is 0 Å². The van der Waals surface area contributed by atoms with E-state index in [0.717, 1.165) is 5.39 Å². The largest absolute Gasteiger partial charge is 0.351 e. The maximum Gasteiger partial charge on any atom is 0.268 e. The summed E-state index contributed by atoms with van der Waals surface area (Å²) in [5.74, 6) is -0.844. The zero-order valence-electron chi connectivity index (χ0n) is 16.4. The summed E-state index contributed by atoms with van der Waals surface area (Å²) in [6.45, 7) is 0. The van der Waals surface area contributed by atoms with E-state index in [2.05, 4.69) is 5.32 Å². The number of nitrogens with zero attached hydrogens (tertiary/aromatic N) is 1. The number of halogens is 1.